The zero-order valence-corrected chi connectivity index (χ0v) is 15.7. The van der Waals surface area contributed by atoms with E-state index in [1.807, 2.05) is 69.3 Å². The molecule has 3 aromatic rings. The Kier molecular flexibility index (Phi) is 5.09. The Morgan fingerprint density at radius 2 is 1.62 bits per heavy atom. The van der Waals surface area contributed by atoms with Gasteiger partial charge in [-0.1, -0.05) is 47.7 Å². The van der Waals surface area contributed by atoms with Gasteiger partial charge < -0.3 is 4.74 Å². The second-order valence-corrected chi connectivity index (χ2v) is 7.24. The lowest BCUT2D eigenvalue weighted by Gasteiger charge is -2.20. The van der Waals surface area contributed by atoms with Gasteiger partial charge in [-0.05, 0) is 58.0 Å². The number of aryl methyl sites for hydroxylation is 1. The van der Waals surface area contributed by atoms with Gasteiger partial charge in [-0.15, -0.1) is 0 Å². The number of nitrogens with zero attached hydrogens (tertiary/aromatic N) is 1. The zero-order valence-electron chi connectivity index (χ0n) is 15.7. The third-order valence-corrected chi connectivity index (χ3v) is 3.70. The number of ether oxygens (including phenoxy) is 1. The largest absolute Gasteiger partial charge is 0.472 e. The molecule has 1 heterocycles. The highest BCUT2D eigenvalue weighted by atomic mass is 16.5. The summed E-state index contributed by atoms with van der Waals surface area (Å²) in [6.45, 7) is 8.13. The minimum absolute atomic E-state index is 0.284. The molecule has 3 rings (SSSR count). The van der Waals surface area contributed by atoms with Gasteiger partial charge in [0.2, 0.25) is 5.88 Å². The molecular formula is C24H23NO. The smallest absolute Gasteiger partial charge is 0.214 e. The summed E-state index contributed by atoms with van der Waals surface area (Å²) in [5.41, 5.74) is 4.74. The van der Waals surface area contributed by atoms with E-state index in [1.165, 1.54) is 5.56 Å². The first-order chi connectivity index (χ1) is 12.4. The molecule has 0 saturated heterocycles. The Morgan fingerprint density at radius 1 is 0.846 bits per heavy atom. The molecule has 0 atom stereocenters. The van der Waals surface area contributed by atoms with Crippen molar-refractivity contribution in [2.24, 2.45) is 0 Å². The highest BCUT2D eigenvalue weighted by Crippen LogP contribution is 2.26. The van der Waals surface area contributed by atoms with E-state index in [1.54, 1.807) is 0 Å². The monoisotopic (exact) mass is 341 g/mol. The van der Waals surface area contributed by atoms with Gasteiger partial charge in [0.25, 0.3) is 0 Å². The van der Waals surface area contributed by atoms with E-state index in [-0.39, 0.29) is 5.60 Å². The molecule has 0 radical (unpaired) electrons. The number of aromatic nitrogens is 1. The second-order valence-electron chi connectivity index (χ2n) is 7.24. The number of rotatable bonds is 2. The van der Waals surface area contributed by atoms with Gasteiger partial charge in [-0.25, -0.2) is 4.98 Å². The van der Waals surface area contributed by atoms with Crippen LogP contribution in [0.4, 0.5) is 0 Å². The lowest BCUT2D eigenvalue weighted by Crippen LogP contribution is -2.23. The number of hydrogen-bond donors (Lipinski definition) is 0. The van der Waals surface area contributed by atoms with Crippen LogP contribution in [0.1, 0.15) is 37.5 Å². The number of hydrogen-bond acceptors (Lipinski definition) is 2. The van der Waals surface area contributed by atoms with E-state index in [0.29, 0.717) is 5.88 Å². The third-order valence-electron chi connectivity index (χ3n) is 3.70. The van der Waals surface area contributed by atoms with Crippen molar-refractivity contribution < 1.29 is 4.74 Å². The standard InChI is InChI=1S/C24H23NO/c1-18-13-15-20(16-14-19-9-6-5-7-10-19)21(17-18)22-11-8-12-23(25-22)26-24(2,3)4/h5-13,15,17H,1-4H3. The Labute approximate surface area is 155 Å². The maximum Gasteiger partial charge on any atom is 0.214 e. The average Bonchev–Trinajstić information content (AvgIpc) is 2.60. The fourth-order valence-electron chi connectivity index (χ4n) is 2.58. The minimum atomic E-state index is -0.284. The van der Waals surface area contributed by atoms with Crippen molar-refractivity contribution in [3.63, 3.8) is 0 Å². The van der Waals surface area contributed by atoms with E-state index in [0.717, 1.165) is 22.4 Å². The molecule has 0 aliphatic rings. The van der Waals surface area contributed by atoms with Gasteiger partial charge in [0.1, 0.15) is 5.60 Å². The van der Waals surface area contributed by atoms with Crippen molar-refractivity contribution in [1.29, 1.82) is 0 Å². The van der Waals surface area contributed by atoms with Crippen molar-refractivity contribution in [2.75, 3.05) is 0 Å². The van der Waals surface area contributed by atoms with E-state index in [2.05, 4.69) is 37.0 Å². The zero-order chi connectivity index (χ0) is 18.6. The maximum absolute atomic E-state index is 5.92. The maximum atomic E-state index is 5.92. The lowest BCUT2D eigenvalue weighted by molar-refractivity contribution is 0.124. The Bertz CT molecular complexity index is 957. The van der Waals surface area contributed by atoms with Gasteiger partial charge in [0, 0.05) is 22.8 Å². The van der Waals surface area contributed by atoms with Crippen LogP contribution >= 0.6 is 0 Å². The SMILES string of the molecule is Cc1ccc(C#Cc2ccccc2)c(-c2cccc(OC(C)(C)C)n2)c1. The van der Waals surface area contributed by atoms with Crippen LogP contribution in [-0.2, 0) is 0 Å². The molecular weight excluding hydrogens is 318 g/mol. The molecule has 0 aliphatic carbocycles. The van der Waals surface area contributed by atoms with Gasteiger partial charge >= 0.3 is 0 Å². The number of pyridine rings is 1. The molecule has 0 unspecified atom stereocenters. The number of benzene rings is 2. The van der Waals surface area contributed by atoms with E-state index < -0.39 is 0 Å². The molecule has 2 aromatic carbocycles. The summed E-state index contributed by atoms with van der Waals surface area (Å²) in [6.07, 6.45) is 0. The van der Waals surface area contributed by atoms with Crippen LogP contribution in [0.5, 0.6) is 5.88 Å². The highest BCUT2D eigenvalue weighted by molar-refractivity contribution is 5.69. The first-order valence-corrected chi connectivity index (χ1v) is 8.75. The molecule has 2 nitrogen and oxygen atoms in total. The summed E-state index contributed by atoms with van der Waals surface area (Å²) in [7, 11) is 0. The van der Waals surface area contributed by atoms with E-state index in [9.17, 15) is 0 Å². The third kappa shape index (κ3) is 4.74. The molecule has 2 heteroatoms. The molecule has 0 saturated carbocycles. The van der Waals surface area contributed by atoms with Gasteiger partial charge in [-0.3, -0.25) is 0 Å². The summed E-state index contributed by atoms with van der Waals surface area (Å²) < 4.78 is 5.92. The van der Waals surface area contributed by atoms with Crippen LogP contribution in [0.25, 0.3) is 11.3 Å². The van der Waals surface area contributed by atoms with Crippen LogP contribution in [0, 0.1) is 18.8 Å². The van der Waals surface area contributed by atoms with Gasteiger partial charge in [0.15, 0.2) is 0 Å². The summed E-state index contributed by atoms with van der Waals surface area (Å²) in [5, 5.41) is 0. The topological polar surface area (TPSA) is 22.1 Å². The molecule has 0 fully saturated rings. The predicted molar refractivity (Wildman–Crippen MR) is 107 cm³/mol. The molecule has 0 amide bonds. The Morgan fingerprint density at radius 3 is 2.35 bits per heavy atom. The molecule has 26 heavy (non-hydrogen) atoms. The fraction of sp³-hybridized carbons (Fsp3) is 0.208. The molecule has 0 spiro atoms. The molecule has 0 aliphatic heterocycles. The van der Waals surface area contributed by atoms with Crippen molar-refractivity contribution in [3.05, 3.63) is 83.4 Å². The quantitative estimate of drug-likeness (QED) is 0.563. The first kappa shape index (κ1) is 17.8. The Hall–Kier alpha value is -3.05. The summed E-state index contributed by atoms with van der Waals surface area (Å²) in [6, 6.07) is 22.1. The van der Waals surface area contributed by atoms with Crippen LogP contribution in [0.2, 0.25) is 0 Å². The normalized spacial score (nSPS) is 10.8. The molecule has 130 valence electrons. The van der Waals surface area contributed by atoms with E-state index >= 15 is 0 Å². The van der Waals surface area contributed by atoms with Gasteiger partial charge in [-0.2, -0.15) is 0 Å². The second kappa shape index (κ2) is 7.45. The van der Waals surface area contributed by atoms with Crippen LogP contribution in [0.3, 0.4) is 0 Å². The van der Waals surface area contributed by atoms with Crippen LogP contribution < -0.4 is 4.74 Å². The van der Waals surface area contributed by atoms with Crippen molar-refractivity contribution >= 4 is 0 Å². The summed E-state index contributed by atoms with van der Waals surface area (Å²) >= 11 is 0. The molecule has 0 N–H and O–H groups in total. The molecule has 1 aromatic heterocycles. The lowest BCUT2D eigenvalue weighted by atomic mass is 10.0. The average molecular weight is 341 g/mol. The van der Waals surface area contributed by atoms with Crippen molar-refractivity contribution in [3.8, 4) is 29.0 Å². The van der Waals surface area contributed by atoms with E-state index in [4.69, 9.17) is 9.72 Å². The highest BCUT2D eigenvalue weighted by Gasteiger charge is 2.14. The first-order valence-electron chi connectivity index (χ1n) is 8.75. The van der Waals surface area contributed by atoms with Crippen molar-refractivity contribution in [2.45, 2.75) is 33.3 Å². The summed E-state index contributed by atoms with van der Waals surface area (Å²) in [4.78, 5) is 4.70. The summed E-state index contributed by atoms with van der Waals surface area (Å²) in [5.74, 6) is 7.15. The van der Waals surface area contributed by atoms with Crippen LogP contribution in [-0.4, -0.2) is 10.6 Å². The van der Waals surface area contributed by atoms with Crippen LogP contribution in [0.15, 0.2) is 66.7 Å². The molecule has 0 bridgehead atoms. The fourth-order valence-corrected chi connectivity index (χ4v) is 2.58. The van der Waals surface area contributed by atoms with Crippen molar-refractivity contribution in [1.82, 2.24) is 4.98 Å². The predicted octanol–water partition coefficient (Wildman–Crippen LogP) is 5.63. The minimum Gasteiger partial charge on any atom is -0.472 e. The Balaban J connectivity index is 2.02. The van der Waals surface area contributed by atoms with Gasteiger partial charge in [0.05, 0.1) is 5.69 Å².